The van der Waals surface area contributed by atoms with E-state index < -0.39 is 6.09 Å². The third kappa shape index (κ3) is 4.98. The summed E-state index contributed by atoms with van der Waals surface area (Å²) in [6.07, 6.45) is 2.90. The lowest BCUT2D eigenvalue weighted by atomic mass is 9.74. The first-order valence-corrected chi connectivity index (χ1v) is 8.70. The summed E-state index contributed by atoms with van der Waals surface area (Å²) >= 11 is 0. The molecule has 1 aliphatic heterocycles. The number of ether oxygens (including phenoxy) is 2. The first kappa shape index (κ1) is 18.3. The monoisotopic (exact) mass is 333 g/mol. The van der Waals surface area contributed by atoms with Gasteiger partial charge in [-0.25, -0.2) is 4.79 Å². The molecule has 5 nitrogen and oxygen atoms in total. The van der Waals surface area contributed by atoms with Gasteiger partial charge in [0.15, 0.2) is 0 Å². The van der Waals surface area contributed by atoms with Crippen LogP contribution in [0.4, 0.5) is 4.79 Å². The molecule has 1 heterocycles. The molecule has 1 N–H and O–H groups in total. The maximum Gasteiger partial charge on any atom is 0.407 e. The summed E-state index contributed by atoms with van der Waals surface area (Å²) in [6.45, 7) is 5.48. The van der Waals surface area contributed by atoms with E-state index in [0.29, 0.717) is 13.2 Å². The molecule has 0 aromatic heterocycles. The standard InChI is InChI=1S/C19H27NO4/c1-3-19(4-2,12-16-10-11-23-17(16)21)14-20-18(22)24-13-15-8-6-5-7-9-15/h5-9,16H,3-4,10-14H2,1-2H3,(H,20,22). The van der Waals surface area contributed by atoms with Gasteiger partial charge in [0.25, 0.3) is 0 Å². The predicted octanol–water partition coefficient (Wildman–Crippen LogP) is 3.67. The zero-order valence-corrected chi connectivity index (χ0v) is 14.5. The van der Waals surface area contributed by atoms with Gasteiger partial charge in [-0.2, -0.15) is 0 Å². The summed E-state index contributed by atoms with van der Waals surface area (Å²) in [6, 6.07) is 9.59. The summed E-state index contributed by atoms with van der Waals surface area (Å²) in [4.78, 5) is 23.7. The Morgan fingerprint density at radius 3 is 2.58 bits per heavy atom. The van der Waals surface area contributed by atoms with E-state index in [-0.39, 0.29) is 23.9 Å². The SMILES string of the molecule is CCC(CC)(CNC(=O)OCc1ccccc1)CC1CCOC1=O. The van der Waals surface area contributed by atoms with Crippen molar-refractivity contribution in [3.05, 3.63) is 35.9 Å². The minimum atomic E-state index is -0.417. The zero-order chi connectivity index (χ0) is 17.4. The Morgan fingerprint density at radius 2 is 2.00 bits per heavy atom. The van der Waals surface area contributed by atoms with Gasteiger partial charge in [-0.15, -0.1) is 0 Å². The highest BCUT2D eigenvalue weighted by atomic mass is 16.5. The Morgan fingerprint density at radius 1 is 1.29 bits per heavy atom. The highest BCUT2D eigenvalue weighted by Crippen LogP contribution is 2.36. The molecule has 0 aliphatic carbocycles. The van der Waals surface area contributed by atoms with Gasteiger partial charge in [-0.3, -0.25) is 4.79 Å². The van der Waals surface area contributed by atoms with Crippen LogP contribution in [0.2, 0.25) is 0 Å². The van der Waals surface area contributed by atoms with Gasteiger partial charge in [0.1, 0.15) is 6.61 Å². The van der Waals surface area contributed by atoms with Crippen molar-refractivity contribution in [2.24, 2.45) is 11.3 Å². The minimum Gasteiger partial charge on any atom is -0.465 e. The highest BCUT2D eigenvalue weighted by Gasteiger charge is 2.36. The molecule has 0 bridgehead atoms. The van der Waals surface area contributed by atoms with Crippen LogP contribution in [0.5, 0.6) is 0 Å². The normalized spacial score (nSPS) is 17.4. The van der Waals surface area contributed by atoms with Gasteiger partial charge >= 0.3 is 12.1 Å². The molecule has 132 valence electrons. The van der Waals surface area contributed by atoms with Gasteiger partial charge < -0.3 is 14.8 Å². The van der Waals surface area contributed by atoms with Crippen LogP contribution in [0.15, 0.2) is 30.3 Å². The van der Waals surface area contributed by atoms with Crippen molar-refractivity contribution >= 4 is 12.1 Å². The van der Waals surface area contributed by atoms with Crippen LogP contribution in [-0.4, -0.2) is 25.2 Å². The second-order valence-corrected chi connectivity index (χ2v) is 6.48. The molecule has 1 amide bonds. The number of carbonyl (C=O) groups is 2. The predicted molar refractivity (Wildman–Crippen MR) is 91.3 cm³/mol. The average molecular weight is 333 g/mol. The van der Waals surface area contributed by atoms with Crippen LogP contribution in [0.1, 0.15) is 45.1 Å². The second-order valence-electron chi connectivity index (χ2n) is 6.48. The van der Waals surface area contributed by atoms with Crippen molar-refractivity contribution < 1.29 is 19.1 Å². The van der Waals surface area contributed by atoms with Crippen LogP contribution in [0.25, 0.3) is 0 Å². The third-order valence-electron chi connectivity index (χ3n) is 5.04. The molecular formula is C19H27NO4. The Hall–Kier alpha value is -2.04. The largest absolute Gasteiger partial charge is 0.465 e. The van der Waals surface area contributed by atoms with E-state index in [1.807, 2.05) is 30.3 Å². The number of amides is 1. The van der Waals surface area contributed by atoms with Crippen molar-refractivity contribution in [1.29, 1.82) is 0 Å². The van der Waals surface area contributed by atoms with E-state index in [9.17, 15) is 9.59 Å². The number of hydrogen-bond donors (Lipinski definition) is 1. The average Bonchev–Trinajstić information content (AvgIpc) is 3.02. The van der Waals surface area contributed by atoms with E-state index in [0.717, 1.165) is 31.2 Å². The van der Waals surface area contributed by atoms with Crippen LogP contribution in [0, 0.1) is 11.3 Å². The van der Waals surface area contributed by atoms with E-state index in [2.05, 4.69) is 19.2 Å². The third-order valence-corrected chi connectivity index (χ3v) is 5.04. The molecule has 1 fully saturated rings. The quantitative estimate of drug-likeness (QED) is 0.737. The number of hydrogen-bond acceptors (Lipinski definition) is 4. The molecule has 0 spiro atoms. The fourth-order valence-corrected chi connectivity index (χ4v) is 3.14. The van der Waals surface area contributed by atoms with Crippen molar-refractivity contribution in [2.45, 2.75) is 46.1 Å². The number of alkyl carbamates (subject to hydrolysis) is 1. The second kappa shape index (κ2) is 8.71. The molecule has 1 atom stereocenters. The fourth-order valence-electron chi connectivity index (χ4n) is 3.14. The number of benzene rings is 1. The molecule has 1 aliphatic rings. The molecular weight excluding hydrogens is 306 g/mol. The number of carbonyl (C=O) groups excluding carboxylic acids is 2. The molecule has 1 aromatic carbocycles. The molecule has 0 radical (unpaired) electrons. The van der Waals surface area contributed by atoms with Crippen LogP contribution >= 0.6 is 0 Å². The smallest absolute Gasteiger partial charge is 0.407 e. The number of esters is 1. The Labute approximate surface area is 143 Å². The summed E-state index contributed by atoms with van der Waals surface area (Å²) in [5, 5.41) is 2.87. The van der Waals surface area contributed by atoms with Crippen molar-refractivity contribution in [3.8, 4) is 0 Å². The molecule has 1 unspecified atom stereocenters. The number of cyclic esters (lactones) is 1. The number of rotatable bonds is 8. The summed E-state index contributed by atoms with van der Waals surface area (Å²) in [7, 11) is 0. The summed E-state index contributed by atoms with van der Waals surface area (Å²) in [5.41, 5.74) is 0.860. The topological polar surface area (TPSA) is 64.6 Å². The molecule has 2 rings (SSSR count). The van der Waals surface area contributed by atoms with Gasteiger partial charge in [0.05, 0.1) is 12.5 Å². The number of nitrogens with one attached hydrogen (secondary N) is 1. The van der Waals surface area contributed by atoms with Crippen LogP contribution < -0.4 is 5.32 Å². The Bertz CT molecular complexity index is 540. The van der Waals surface area contributed by atoms with Crippen molar-refractivity contribution in [2.75, 3.05) is 13.2 Å². The van der Waals surface area contributed by atoms with Gasteiger partial charge in [0, 0.05) is 6.54 Å². The minimum absolute atomic E-state index is 0.0490. The maximum absolute atomic E-state index is 12.0. The molecule has 0 saturated carbocycles. The molecule has 5 heteroatoms. The lowest BCUT2D eigenvalue weighted by Crippen LogP contribution is -2.39. The Balaban J connectivity index is 1.83. The lowest BCUT2D eigenvalue weighted by Gasteiger charge is -2.33. The van der Waals surface area contributed by atoms with Gasteiger partial charge in [0.2, 0.25) is 0 Å². The Kier molecular flexibility index (Phi) is 6.64. The first-order chi connectivity index (χ1) is 11.6. The van der Waals surface area contributed by atoms with Crippen molar-refractivity contribution in [3.63, 3.8) is 0 Å². The van der Waals surface area contributed by atoms with E-state index in [1.165, 1.54) is 0 Å². The highest BCUT2D eigenvalue weighted by molar-refractivity contribution is 5.74. The lowest BCUT2D eigenvalue weighted by molar-refractivity contribution is -0.142. The molecule has 1 saturated heterocycles. The zero-order valence-electron chi connectivity index (χ0n) is 14.5. The summed E-state index contributed by atoms with van der Waals surface area (Å²) < 4.78 is 10.3. The first-order valence-electron chi connectivity index (χ1n) is 8.70. The fraction of sp³-hybridized carbons (Fsp3) is 0.579. The van der Waals surface area contributed by atoms with Gasteiger partial charge in [-0.1, -0.05) is 44.2 Å². The maximum atomic E-state index is 12.0. The van der Waals surface area contributed by atoms with Crippen LogP contribution in [0.3, 0.4) is 0 Å². The van der Waals surface area contributed by atoms with Gasteiger partial charge in [-0.05, 0) is 36.7 Å². The van der Waals surface area contributed by atoms with E-state index >= 15 is 0 Å². The van der Waals surface area contributed by atoms with E-state index in [1.54, 1.807) is 0 Å². The van der Waals surface area contributed by atoms with Crippen molar-refractivity contribution in [1.82, 2.24) is 5.32 Å². The van der Waals surface area contributed by atoms with E-state index in [4.69, 9.17) is 9.47 Å². The molecule has 24 heavy (non-hydrogen) atoms. The summed E-state index contributed by atoms with van der Waals surface area (Å²) in [5.74, 6) is -0.153. The van der Waals surface area contributed by atoms with Crippen LogP contribution in [-0.2, 0) is 20.9 Å². The molecule has 1 aromatic rings.